The van der Waals surface area contributed by atoms with Gasteiger partial charge in [0.2, 0.25) is 0 Å². The van der Waals surface area contributed by atoms with Gasteiger partial charge in [-0.3, -0.25) is 14.4 Å². The van der Waals surface area contributed by atoms with E-state index in [0.717, 1.165) is 5.56 Å². The molecule has 2 aromatic rings. The molecular weight excluding hydrogens is 396 g/mol. The summed E-state index contributed by atoms with van der Waals surface area (Å²) in [5.41, 5.74) is 1.61. The van der Waals surface area contributed by atoms with E-state index >= 15 is 0 Å². The molecule has 0 saturated carbocycles. The van der Waals surface area contributed by atoms with Crippen LogP contribution in [-0.2, 0) is 14.9 Å². The number of carbonyl (C=O) groups excluding carboxylic acids is 3. The Morgan fingerprint density at radius 3 is 2.03 bits per heavy atom. The van der Waals surface area contributed by atoms with Gasteiger partial charge in [-0.25, -0.2) is 0 Å². The second-order valence-electron chi connectivity index (χ2n) is 7.50. The number of hydrogen-bond donors (Lipinski definition) is 1. The first-order chi connectivity index (χ1) is 14.1. The number of ketones is 1. The summed E-state index contributed by atoms with van der Waals surface area (Å²) < 4.78 is 33.3. The molecule has 1 N–H and O–H groups in total. The third-order valence-electron chi connectivity index (χ3n) is 4.17. The number of alkyl halides is 2. The van der Waals surface area contributed by atoms with E-state index in [1.165, 1.54) is 24.3 Å². The monoisotopic (exact) mass is 419 g/mol. The lowest BCUT2D eigenvalue weighted by Crippen LogP contribution is -2.31. The van der Waals surface area contributed by atoms with Gasteiger partial charge in [-0.15, -0.1) is 0 Å². The number of ether oxygens (including phenoxy) is 2. The van der Waals surface area contributed by atoms with Crippen molar-refractivity contribution in [3.8, 4) is 5.75 Å². The Kier molecular flexibility index (Phi) is 7.63. The maximum Gasteiger partial charge on any atom is 0.387 e. The number of carbonyl (C=O) groups is 3. The van der Waals surface area contributed by atoms with Crippen molar-refractivity contribution < 1.29 is 32.6 Å². The second kappa shape index (κ2) is 9.96. The maximum atomic E-state index is 12.1. The van der Waals surface area contributed by atoms with E-state index in [1.54, 1.807) is 12.1 Å². The summed E-state index contributed by atoms with van der Waals surface area (Å²) >= 11 is 0. The Balaban J connectivity index is 1.79. The Bertz CT molecular complexity index is 887. The molecule has 6 nitrogen and oxygen atoms in total. The van der Waals surface area contributed by atoms with Gasteiger partial charge in [0.15, 0.2) is 12.4 Å². The average Bonchev–Trinajstić information content (AvgIpc) is 2.69. The molecule has 30 heavy (non-hydrogen) atoms. The number of hydrogen-bond acceptors (Lipinski definition) is 5. The number of benzene rings is 2. The maximum absolute atomic E-state index is 12.1. The first-order valence-electron chi connectivity index (χ1n) is 9.18. The lowest BCUT2D eigenvalue weighted by Gasteiger charge is -2.19. The Morgan fingerprint density at radius 1 is 0.933 bits per heavy atom. The fourth-order valence-corrected chi connectivity index (χ4v) is 2.48. The van der Waals surface area contributed by atoms with Crippen LogP contribution in [0.2, 0.25) is 0 Å². The lowest BCUT2D eigenvalue weighted by molar-refractivity contribution is -0.141. The lowest BCUT2D eigenvalue weighted by atomic mass is 9.87. The highest BCUT2D eigenvalue weighted by Gasteiger charge is 2.15. The molecule has 0 radical (unpaired) electrons. The number of nitrogens with one attached hydrogen (secondary N) is 1. The van der Waals surface area contributed by atoms with Crippen molar-refractivity contribution >= 4 is 17.7 Å². The summed E-state index contributed by atoms with van der Waals surface area (Å²) in [6.07, 6.45) is 0. The minimum Gasteiger partial charge on any atom is -0.456 e. The van der Waals surface area contributed by atoms with Crippen LogP contribution in [0.1, 0.15) is 47.1 Å². The zero-order valence-electron chi connectivity index (χ0n) is 16.9. The van der Waals surface area contributed by atoms with Crippen molar-refractivity contribution in [1.82, 2.24) is 5.32 Å². The van der Waals surface area contributed by atoms with E-state index in [1.807, 2.05) is 12.1 Å². The standard InChI is InChI=1S/C22H23F2NO5/c1-22(2,3)16-8-4-15(5-9-16)20(28)25-12-19(27)29-13-18(26)14-6-10-17(11-7-14)30-21(23)24/h4-11,21H,12-13H2,1-3H3,(H,25,28). The molecule has 0 saturated heterocycles. The molecule has 1 amide bonds. The first kappa shape index (κ1) is 23.0. The van der Waals surface area contributed by atoms with Crippen LogP contribution in [0.3, 0.4) is 0 Å². The van der Waals surface area contributed by atoms with E-state index in [0.29, 0.717) is 5.56 Å². The van der Waals surface area contributed by atoms with E-state index in [-0.39, 0.29) is 16.7 Å². The summed E-state index contributed by atoms with van der Waals surface area (Å²) in [7, 11) is 0. The smallest absolute Gasteiger partial charge is 0.387 e. The fraction of sp³-hybridized carbons (Fsp3) is 0.318. The summed E-state index contributed by atoms with van der Waals surface area (Å²) in [6.45, 7) is 2.29. The molecule has 0 unspecified atom stereocenters. The molecule has 0 bridgehead atoms. The van der Waals surface area contributed by atoms with Crippen molar-refractivity contribution in [2.24, 2.45) is 0 Å². The molecule has 8 heteroatoms. The van der Waals surface area contributed by atoms with E-state index in [4.69, 9.17) is 4.74 Å². The van der Waals surface area contributed by atoms with Gasteiger partial charge in [-0.1, -0.05) is 32.9 Å². The summed E-state index contributed by atoms with van der Waals surface area (Å²) in [4.78, 5) is 35.9. The summed E-state index contributed by atoms with van der Waals surface area (Å²) in [6, 6.07) is 12.1. The average molecular weight is 419 g/mol. The van der Waals surface area contributed by atoms with Gasteiger partial charge in [0, 0.05) is 11.1 Å². The molecule has 0 aromatic heterocycles. The summed E-state index contributed by atoms with van der Waals surface area (Å²) in [5, 5.41) is 2.43. The number of rotatable bonds is 8. The number of esters is 1. The molecule has 0 aliphatic rings. The van der Waals surface area contributed by atoms with Crippen LogP contribution < -0.4 is 10.1 Å². The van der Waals surface area contributed by atoms with Crippen molar-refractivity contribution in [2.45, 2.75) is 32.8 Å². The topological polar surface area (TPSA) is 81.7 Å². The first-order valence-corrected chi connectivity index (χ1v) is 9.18. The zero-order valence-corrected chi connectivity index (χ0v) is 16.9. The minimum atomic E-state index is -2.96. The SMILES string of the molecule is CC(C)(C)c1ccc(C(=O)NCC(=O)OCC(=O)c2ccc(OC(F)F)cc2)cc1. The Labute approximate surface area is 173 Å². The van der Waals surface area contributed by atoms with Gasteiger partial charge in [0.05, 0.1) is 0 Å². The molecule has 2 rings (SSSR count). The van der Waals surface area contributed by atoms with Crippen LogP contribution >= 0.6 is 0 Å². The second-order valence-corrected chi connectivity index (χ2v) is 7.50. The van der Waals surface area contributed by atoms with Crippen LogP contribution in [0.4, 0.5) is 8.78 Å². The highest BCUT2D eigenvalue weighted by atomic mass is 19.3. The van der Waals surface area contributed by atoms with Gasteiger partial charge in [-0.2, -0.15) is 8.78 Å². The summed E-state index contributed by atoms with van der Waals surface area (Å²) in [5.74, 6) is -1.82. The molecule has 160 valence electrons. The van der Waals surface area contributed by atoms with E-state index in [2.05, 4.69) is 30.8 Å². The van der Waals surface area contributed by atoms with Gasteiger partial charge >= 0.3 is 12.6 Å². The normalized spacial score (nSPS) is 11.1. The van der Waals surface area contributed by atoms with Crippen LogP contribution in [0.5, 0.6) is 5.75 Å². The highest BCUT2D eigenvalue weighted by molar-refractivity contribution is 5.99. The van der Waals surface area contributed by atoms with Crippen LogP contribution in [0, 0.1) is 0 Å². The minimum absolute atomic E-state index is 0.0401. The van der Waals surface area contributed by atoms with Gasteiger partial charge in [0.25, 0.3) is 5.91 Å². The number of amides is 1. The Morgan fingerprint density at radius 2 is 1.50 bits per heavy atom. The van der Waals surface area contributed by atoms with Crippen LogP contribution in [-0.4, -0.2) is 37.4 Å². The zero-order chi connectivity index (χ0) is 22.3. The number of Topliss-reactive ketones (excluding diaryl/α,β-unsaturated/α-hetero) is 1. The Hall–Kier alpha value is -3.29. The van der Waals surface area contributed by atoms with Gasteiger partial charge in [-0.05, 0) is 47.4 Å². The van der Waals surface area contributed by atoms with Crippen molar-refractivity contribution in [1.29, 1.82) is 0 Å². The molecule has 2 aromatic carbocycles. The highest BCUT2D eigenvalue weighted by Crippen LogP contribution is 2.22. The molecular formula is C22H23F2NO5. The molecule has 0 spiro atoms. The molecule has 0 heterocycles. The molecule has 0 atom stereocenters. The fourth-order valence-electron chi connectivity index (χ4n) is 2.48. The quantitative estimate of drug-likeness (QED) is 0.521. The molecule has 0 aliphatic heterocycles. The molecule has 0 fully saturated rings. The van der Waals surface area contributed by atoms with E-state index < -0.39 is 37.4 Å². The van der Waals surface area contributed by atoms with Crippen molar-refractivity contribution in [3.63, 3.8) is 0 Å². The third kappa shape index (κ3) is 6.95. The largest absolute Gasteiger partial charge is 0.456 e. The van der Waals surface area contributed by atoms with E-state index in [9.17, 15) is 23.2 Å². The van der Waals surface area contributed by atoms with Crippen LogP contribution in [0.25, 0.3) is 0 Å². The number of halogens is 2. The van der Waals surface area contributed by atoms with Gasteiger partial charge in [0.1, 0.15) is 12.3 Å². The predicted octanol–water partition coefficient (Wildman–Crippen LogP) is 3.74. The third-order valence-corrected chi connectivity index (χ3v) is 4.17. The van der Waals surface area contributed by atoms with Crippen molar-refractivity contribution in [2.75, 3.05) is 13.2 Å². The van der Waals surface area contributed by atoms with Gasteiger partial charge < -0.3 is 14.8 Å². The van der Waals surface area contributed by atoms with Crippen molar-refractivity contribution in [3.05, 3.63) is 65.2 Å². The van der Waals surface area contributed by atoms with Crippen LogP contribution in [0.15, 0.2) is 48.5 Å². The predicted molar refractivity (Wildman–Crippen MR) is 106 cm³/mol. The molecule has 0 aliphatic carbocycles.